The molecule has 0 amide bonds. The number of para-hydroxylation sites is 1. The molecule has 2 rings (SSSR count). The maximum absolute atomic E-state index is 12.5. The Labute approximate surface area is 125 Å². The predicted octanol–water partition coefficient (Wildman–Crippen LogP) is 4.55. The maximum Gasteiger partial charge on any atom is 0.573 e. The normalized spacial score (nSPS) is 13.0. The van der Waals surface area contributed by atoms with Gasteiger partial charge in [-0.25, -0.2) is 0 Å². The zero-order valence-electron chi connectivity index (χ0n) is 11.1. The van der Waals surface area contributed by atoms with E-state index in [1.165, 1.54) is 12.1 Å². The first kappa shape index (κ1) is 15.7. The minimum absolute atomic E-state index is 0.246. The lowest BCUT2D eigenvalue weighted by Gasteiger charge is -2.22. The van der Waals surface area contributed by atoms with E-state index < -0.39 is 12.4 Å². The van der Waals surface area contributed by atoms with E-state index in [2.05, 4.69) is 10.1 Å². The molecule has 0 fully saturated rings. The van der Waals surface area contributed by atoms with E-state index in [0.29, 0.717) is 16.1 Å². The molecule has 0 heterocycles. The molecular weight excluding hydrogens is 303 g/mol. The van der Waals surface area contributed by atoms with Gasteiger partial charge in [0.2, 0.25) is 0 Å². The summed E-state index contributed by atoms with van der Waals surface area (Å²) in [6, 6.07) is 12.5. The van der Waals surface area contributed by atoms with Crippen LogP contribution in [0.25, 0.3) is 0 Å². The highest BCUT2D eigenvalue weighted by Gasteiger charge is 2.33. The molecule has 1 N–H and O–H groups in total. The van der Waals surface area contributed by atoms with Crippen molar-refractivity contribution in [1.82, 2.24) is 5.32 Å². The van der Waals surface area contributed by atoms with E-state index in [4.69, 9.17) is 11.6 Å². The van der Waals surface area contributed by atoms with Crippen LogP contribution in [-0.4, -0.2) is 13.4 Å². The van der Waals surface area contributed by atoms with Gasteiger partial charge in [-0.2, -0.15) is 0 Å². The van der Waals surface area contributed by atoms with E-state index in [0.717, 1.165) is 0 Å². The summed E-state index contributed by atoms with van der Waals surface area (Å²) in [4.78, 5) is 0. The second kappa shape index (κ2) is 6.37. The van der Waals surface area contributed by atoms with Crippen molar-refractivity contribution in [3.05, 3.63) is 64.7 Å². The molecule has 2 aromatic rings. The van der Waals surface area contributed by atoms with Crippen molar-refractivity contribution in [2.45, 2.75) is 12.4 Å². The molecule has 2 aromatic carbocycles. The molecule has 6 heteroatoms. The summed E-state index contributed by atoms with van der Waals surface area (Å²) in [5.41, 5.74) is 1.05. The van der Waals surface area contributed by atoms with Crippen LogP contribution >= 0.6 is 11.6 Å². The van der Waals surface area contributed by atoms with E-state index in [1.54, 1.807) is 43.4 Å². The number of hydrogen-bond donors (Lipinski definition) is 1. The number of benzene rings is 2. The summed E-state index contributed by atoms with van der Waals surface area (Å²) in [7, 11) is 1.65. The zero-order chi connectivity index (χ0) is 15.5. The van der Waals surface area contributed by atoms with Crippen molar-refractivity contribution in [1.29, 1.82) is 0 Å². The molecule has 0 bridgehead atoms. The lowest BCUT2D eigenvalue weighted by molar-refractivity contribution is -0.275. The number of halogens is 4. The molecular formula is C15H13ClF3NO. The van der Waals surface area contributed by atoms with Crippen LogP contribution in [0.5, 0.6) is 5.75 Å². The van der Waals surface area contributed by atoms with Crippen LogP contribution < -0.4 is 10.1 Å². The van der Waals surface area contributed by atoms with Crippen LogP contribution in [0.2, 0.25) is 5.02 Å². The average Bonchev–Trinajstić information content (AvgIpc) is 2.42. The standard InChI is InChI=1S/C15H13ClF3NO/c1-20-14(10-6-2-4-8-12(10)16)11-7-3-5-9-13(11)21-15(17,18)19/h2-9,14,20H,1H3. The monoisotopic (exact) mass is 315 g/mol. The van der Waals surface area contributed by atoms with Gasteiger partial charge in [0.25, 0.3) is 0 Å². The first-order valence-electron chi connectivity index (χ1n) is 6.18. The molecule has 1 unspecified atom stereocenters. The van der Waals surface area contributed by atoms with Gasteiger partial charge in [0.15, 0.2) is 0 Å². The first-order valence-corrected chi connectivity index (χ1v) is 6.56. The fourth-order valence-corrected chi connectivity index (χ4v) is 2.37. The number of nitrogens with one attached hydrogen (secondary N) is 1. The summed E-state index contributed by atoms with van der Waals surface area (Å²) in [5, 5.41) is 3.44. The fourth-order valence-electron chi connectivity index (χ4n) is 2.12. The van der Waals surface area contributed by atoms with Crippen molar-refractivity contribution in [2.24, 2.45) is 0 Å². The lowest BCUT2D eigenvalue weighted by Crippen LogP contribution is -2.22. The highest BCUT2D eigenvalue weighted by atomic mass is 35.5. The zero-order valence-corrected chi connectivity index (χ0v) is 11.9. The molecule has 112 valence electrons. The smallest absolute Gasteiger partial charge is 0.405 e. The van der Waals surface area contributed by atoms with Crippen LogP contribution in [0.15, 0.2) is 48.5 Å². The van der Waals surface area contributed by atoms with Gasteiger partial charge in [0.1, 0.15) is 5.75 Å². The van der Waals surface area contributed by atoms with Gasteiger partial charge in [0, 0.05) is 10.6 Å². The molecule has 0 saturated carbocycles. The highest BCUT2D eigenvalue weighted by molar-refractivity contribution is 6.31. The molecule has 0 saturated heterocycles. The van der Waals surface area contributed by atoms with Crippen molar-refractivity contribution < 1.29 is 17.9 Å². The largest absolute Gasteiger partial charge is 0.573 e. The second-order valence-corrected chi connectivity index (χ2v) is 4.74. The topological polar surface area (TPSA) is 21.3 Å². The predicted molar refractivity (Wildman–Crippen MR) is 75.5 cm³/mol. The highest BCUT2D eigenvalue weighted by Crippen LogP contribution is 2.35. The molecule has 0 aliphatic carbocycles. The van der Waals surface area contributed by atoms with Crippen molar-refractivity contribution >= 4 is 11.6 Å². The van der Waals surface area contributed by atoms with Crippen molar-refractivity contribution in [2.75, 3.05) is 7.05 Å². The van der Waals surface area contributed by atoms with Gasteiger partial charge in [0.05, 0.1) is 6.04 Å². The van der Waals surface area contributed by atoms with Crippen LogP contribution in [0.3, 0.4) is 0 Å². The Hall–Kier alpha value is -1.72. The summed E-state index contributed by atoms with van der Waals surface area (Å²) < 4.78 is 41.6. The minimum Gasteiger partial charge on any atom is -0.405 e. The number of alkyl halides is 3. The molecule has 0 aliphatic rings. The van der Waals surface area contributed by atoms with Gasteiger partial charge in [-0.3, -0.25) is 0 Å². The molecule has 0 radical (unpaired) electrons. The lowest BCUT2D eigenvalue weighted by atomic mass is 9.98. The molecule has 0 aromatic heterocycles. The van der Waals surface area contributed by atoms with E-state index in [-0.39, 0.29) is 5.75 Å². The number of ether oxygens (including phenoxy) is 1. The number of hydrogen-bond acceptors (Lipinski definition) is 2. The van der Waals surface area contributed by atoms with E-state index in [9.17, 15) is 13.2 Å². The van der Waals surface area contributed by atoms with Gasteiger partial charge < -0.3 is 10.1 Å². The third-order valence-electron chi connectivity index (χ3n) is 2.96. The quantitative estimate of drug-likeness (QED) is 0.894. The third kappa shape index (κ3) is 3.89. The molecule has 21 heavy (non-hydrogen) atoms. The van der Waals surface area contributed by atoms with Gasteiger partial charge in [-0.15, -0.1) is 13.2 Å². The molecule has 0 spiro atoms. The van der Waals surface area contributed by atoms with Crippen molar-refractivity contribution in [3.63, 3.8) is 0 Å². The Balaban J connectivity index is 2.46. The molecule has 1 atom stereocenters. The van der Waals surface area contributed by atoms with Gasteiger partial charge in [-0.05, 0) is 24.7 Å². The Morgan fingerprint density at radius 1 is 1.00 bits per heavy atom. The Morgan fingerprint density at radius 3 is 2.14 bits per heavy atom. The van der Waals surface area contributed by atoms with E-state index >= 15 is 0 Å². The summed E-state index contributed by atoms with van der Waals surface area (Å²) >= 11 is 6.13. The average molecular weight is 316 g/mol. The van der Waals surface area contributed by atoms with Crippen LogP contribution in [0.1, 0.15) is 17.2 Å². The second-order valence-electron chi connectivity index (χ2n) is 4.33. The van der Waals surface area contributed by atoms with Crippen LogP contribution in [-0.2, 0) is 0 Å². The van der Waals surface area contributed by atoms with Crippen LogP contribution in [0, 0.1) is 0 Å². The van der Waals surface area contributed by atoms with Gasteiger partial charge >= 0.3 is 6.36 Å². The third-order valence-corrected chi connectivity index (χ3v) is 3.30. The fraction of sp³-hybridized carbons (Fsp3) is 0.200. The summed E-state index contributed by atoms with van der Waals surface area (Å²) in [6.07, 6.45) is -4.74. The van der Waals surface area contributed by atoms with E-state index in [1.807, 2.05) is 0 Å². The Bertz CT molecular complexity index is 616. The summed E-state index contributed by atoms with van der Waals surface area (Å²) in [5.74, 6) is -0.246. The number of rotatable bonds is 4. The molecule has 2 nitrogen and oxygen atoms in total. The Kier molecular flexibility index (Phi) is 4.75. The minimum atomic E-state index is -4.74. The molecule has 0 aliphatic heterocycles. The van der Waals surface area contributed by atoms with Crippen LogP contribution in [0.4, 0.5) is 13.2 Å². The maximum atomic E-state index is 12.5. The summed E-state index contributed by atoms with van der Waals surface area (Å²) in [6.45, 7) is 0. The van der Waals surface area contributed by atoms with Crippen molar-refractivity contribution in [3.8, 4) is 5.75 Å². The first-order chi connectivity index (χ1) is 9.92. The SMILES string of the molecule is CNC(c1ccccc1Cl)c1ccccc1OC(F)(F)F. The van der Waals surface area contributed by atoms with Gasteiger partial charge in [-0.1, -0.05) is 48.0 Å². The Morgan fingerprint density at radius 2 is 1.57 bits per heavy atom.